The second-order valence-electron chi connectivity index (χ2n) is 5.98. The van der Waals surface area contributed by atoms with Crippen molar-refractivity contribution in [3.63, 3.8) is 0 Å². The van der Waals surface area contributed by atoms with E-state index in [2.05, 4.69) is 54.7 Å². The second-order valence-corrected chi connectivity index (χ2v) is 6.89. The van der Waals surface area contributed by atoms with Gasteiger partial charge in [-0.3, -0.25) is 4.98 Å². The normalized spacial score (nSPS) is 15.6. The molecule has 0 saturated heterocycles. The zero-order chi connectivity index (χ0) is 13.1. The van der Waals surface area contributed by atoms with Crippen LogP contribution in [-0.4, -0.2) is 11.0 Å². The summed E-state index contributed by atoms with van der Waals surface area (Å²) in [5.41, 5.74) is 7.74. The van der Waals surface area contributed by atoms with E-state index in [1.54, 1.807) is 6.20 Å². The summed E-state index contributed by atoms with van der Waals surface area (Å²) in [5.74, 6) is 0.623. The maximum atomic E-state index is 6.21. The van der Waals surface area contributed by atoms with E-state index in [0.29, 0.717) is 11.3 Å². The molecule has 0 fully saturated rings. The third-order valence-corrected chi connectivity index (χ3v) is 3.83. The lowest BCUT2D eigenvalue weighted by molar-refractivity contribution is 0.233. The van der Waals surface area contributed by atoms with Crippen molar-refractivity contribution < 1.29 is 0 Å². The predicted molar refractivity (Wildman–Crippen MR) is 76.9 cm³/mol. The lowest BCUT2D eigenvalue weighted by Gasteiger charge is -2.29. The number of nitrogens with zero attached hydrogens (tertiary/aromatic N) is 1. The van der Waals surface area contributed by atoms with Gasteiger partial charge >= 0.3 is 0 Å². The molecule has 0 saturated carbocycles. The molecule has 3 heteroatoms. The molecule has 0 aromatic carbocycles. The van der Waals surface area contributed by atoms with Gasteiger partial charge in [-0.15, -0.1) is 0 Å². The second kappa shape index (κ2) is 5.96. The van der Waals surface area contributed by atoms with Crippen LogP contribution in [0.25, 0.3) is 0 Å². The number of rotatable bonds is 4. The summed E-state index contributed by atoms with van der Waals surface area (Å²) in [5, 5.41) is 0. The van der Waals surface area contributed by atoms with E-state index in [9.17, 15) is 0 Å². The first-order valence-electron chi connectivity index (χ1n) is 6.14. The van der Waals surface area contributed by atoms with Crippen LogP contribution in [0.5, 0.6) is 0 Å². The Hall–Kier alpha value is -0.410. The van der Waals surface area contributed by atoms with Gasteiger partial charge in [-0.1, -0.05) is 27.7 Å². The van der Waals surface area contributed by atoms with Gasteiger partial charge in [0.25, 0.3) is 0 Å². The molecule has 1 rings (SSSR count). The van der Waals surface area contributed by atoms with Gasteiger partial charge in [0.05, 0.1) is 0 Å². The highest BCUT2D eigenvalue weighted by Crippen LogP contribution is 2.29. The standard InChI is InChI=1S/C14H23BrN2/c1-10(14(2,3)4)5-13(16)7-11-6-12(15)9-17-8-11/h6,8-10,13H,5,7,16H2,1-4H3. The van der Waals surface area contributed by atoms with Crippen molar-refractivity contribution >= 4 is 15.9 Å². The number of hydrogen-bond donors (Lipinski definition) is 1. The molecule has 17 heavy (non-hydrogen) atoms. The molecule has 2 nitrogen and oxygen atoms in total. The zero-order valence-electron chi connectivity index (χ0n) is 11.2. The molecular weight excluding hydrogens is 276 g/mol. The zero-order valence-corrected chi connectivity index (χ0v) is 12.8. The average Bonchev–Trinajstić information content (AvgIpc) is 2.15. The molecule has 1 aromatic heterocycles. The van der Waals surface area contributed by atoms with Crippen LogP contribution in [0.1, 0.15) is 39.7 Å². The number of hydrogen-bond acceptors (Lipinski definition) is 2. The van der Waals surface area contributed by atoms with Gasteiger partial charge in [-0.25, -0.2) is 0 Å². The third kappa shape index (κ3) is 5.17. The molecule has 0 aliphatic heterocycles. The smallest absolute Gasteiger partial charge is 0.0410 e. The Morgan fingerprint density at radius 2 is 2.00 bits per heavy atom. The molecule has 2 unspecified atom stereocenters. The summed E-state index contributed by atoms with van der Waals surface area (Å²) in [4.78, 5) is 4.16. The Balaban J connectivity index is 2.53. The first-order chi connectivity index (χ1) is 7.79. The van der Waals surface area contributed by atoms with Crippen LogP contribution in [0.3, 0.4) is 0 Å². The van der Waals surface area contributed by atoms with E-state index < -0.39 is 0 Å². The van der Waals surface area contributed by atoms with Gasteiger partial charge in [-0.2, -0.15) is 0 Å². The SMILES string of the molecule is CC(CC(N)Cc1cncc(Br)c1)C(C)(C)C. The minimum absolute atomic E-state index is 0.209. The van der Waals surface area contributed by atoms with Gasteiger partial charge < -0.3 is 5.73 Å². The highest BCUT2D eigenvalue weighted by molar-refractivity contribution is 9.10. The summed E-state index contributed by atoms with van der Waals surface area (Å²) in [6, 6.07) is 2.30. The molecular formula is C14H23BrN2. The van der Waals surface area contributed by atoms with Crippen molar-refractivity contribution in [3.05, 3.63) is 28.5 Å². The highest BCUT2D eigenvalue weighted by Gasteiger charge is 2.22. The molecule has 1 heterocycles. The lowest BCUT2D eigenvalue weighted by Crippen LogP contribution is -2.30. The van der Waals surface area contributed by atoms with Crippen molar-refractivity contribution in [1.29, 1.82) is 0 Å². The largest absolute Gasteiger partial charge is 0.327 e. The summed E-state index contributed by atoms with van der Waals surface area (Å²) < 4.78 is 1.02. The Bertz CT molecular complexity index is 357. The van der Waals surface area contributed by atoms with Crippen LogP contribution in [0.4, 0.5) is 0 Å². The number of aromatic nitrogens is 1. The summed E-state index contributed by atoms with van der Waals surface area (Å²) in [7, 11) is 0. The van der Waals surface area contributed by atoms with Crippen LogP contribution in [-0.2, 0) is 6.42 Å². The van der Waals surface area contributed by atoms with Gasteiger partial charge in [-0.05, 0) is 51.7 Å². The Labute approximate surface area is 113 Å². The summed E-state index contributed by atoms with van der Waals surface area (Å²) in [6.07, 6.45) is 5.64. The fraction of sp³-hybridized carbons (Fsp3) is 0.643. The fourth-order valence-electron chi connectivity index (χ4n) is 1.76. The van der Waals surface area contributed by atoms with E-state index >= 15 is 0 Å². The van der Waals surface area contributed by atoms with Crippen LogP contribution in [0.15, 0.2) is 22.9 Å². The molecule has 2 N–H and O–H groups in total. The maximum absolute atomic E-state index is 6.21. The monoisotopic (exact) mass is 298 g/mol. The molecule has 0 spiro atoms. The summed E-state index contributed by atoms with van der Waals surface area (Å²) >= 11 is 3.43. The number of pyridine rings is 1. The van der Waals surface area contributed by atoms with Crippen LogP contribution >= 0.6 is 15.9 Å². The minimum Gasteiger partial charge on any atom is -0.327 e. The van der Waals surface area contributed by atoms with E-state index in [1.807, 2.05) is 6.20 Å². The maximum Gasteiger partial charge on any atom is 0.0410 e. The van der Waals surface area contributed by atoms with Crippen molar-refractivity contribution in [3.8, 4) is 0 Å². The van der Waals surface area contributed by atoms with Crippen LogP contribution < -0.4 is 5.73 Å². The van der Waals surface area contributed by atoms with Crippen molar-refractivity contribution in [2.24, 2.45) is 17.1 Å². The molecule has 96 valence electrons. The van der Waals surface area contributed by atoms with Gasteiger partial charge in [0.15, 0.2) is 0 Å². The predicted octanol–water partition coefficient (Wildman–Crippen LogP) is 3.79. The molecule has 0 aliphatic rings. The molecule has 2 atom stereocenters. The Morgan fingerprint density at radius 1 is 1.35 bits per heavy atom. The Kier molecular flexibility index (Phi) is 5.14. The summed E-state index contributed by atoms with van der Waals surface area (Å²) in [6.45, 7) is 9.08. The minimum atomic E-state index is 0.209. The highest BCUT2D eigenvalue weighted by atomic mass is 79.9. The van der Waals surface area contributed by atoms with E-state index in [0.717, 1.165) is 17.3 Å². The van der Waals surface area contributed by atoms with Gasteiger partial charge in [0.1, 0.15) is 0 Å². The van der Waals surface area contributed by atoms with E-state index in [1.165, 1.54) is 5.56 Å². The first-order valence-corrected chi connectivity index (χ1v) is 6.93. The van der Waals surface area contributed by atoms with E-state index in [4.69, 9.17) is 5.73 Å². The van der Waals surface area contributed by atoms with E-state index in [-0.39, 0.29) is 6.04 Å². The number of nitrogens with two attached hydrogens (primary N) is 1. The topological polar surface area (TPSA) is 38.9 Å². The average molecular weight is 299 g/mol. The quantitative estimate of drug-likeness (QED) is 0.918. The lowest BCUT2D eigenvalue weighted by atomic mass is 9.78. The van der Waals surface area contributed by atoms with Crippen LogP contribution in [0, 0.1) is 11.3 Å². The molecule has 0 aliphatic carbocycles. The molecule has 0 bridgehead atoms. The number of halogens is 1. The van der Waals surface area contributed by atoms with Gasteiger partial charge in [0, 0.05) is 22.9 Å². The molecule has 0 amide bonds. The first kappa shape index (κ1) is 14.7. The van der Waals surface area contributed by atoms with Crippen LogP contribution in [0.2, 0.25) is 0 Å². The molecule has 1 aromatic rings. The van der Waals surface area contributed by atoms with Crippen molar-refractivity contribution in [2.45, 2.75) is 46.6 Å². The van der Waals surface area contributed by atoms with Crippen molar-refractivity contribution in [1.82, 2.24) is 4.98 Å². The van der Waals surface area contributed by atoms with Crippen molar-refractivity contribution in [2.75, 3.05) is 0 Å². The Morgan fingerprint density at radius 3 is 2.53 bits per heavy atom. The molecule has 0 radical (unpaired) electrons. The van der Waals surface area contributed by atoms with Gasteiger partial charge in [0.2, 0.25) is 0 Å². The fourth-order valence-corrected chi connectivity index (χ4v) is 2.17. The third-order valence-electron chi connectivity index (χ3n) is 3.39.